The van der Waals surface area contributed by atoms with Crippen molar-refractivity contribution in [2.75, 3.05) is 64.4 Å². The van der Waals surface area contributed by atoms with Crippen LogP contribution in [0.1, 0.15) is 93.8 Å². The molecule has 35 nitrogen and oxygen atoms in total. The predicted molar refractivity (Wildman–Crippen MR) is 300 cm³/mol. The van der Waals surface area contributed by atoms with Gasteiger partial charge in [-0.2, -0.15) is 0 Å². The second-order valence-corrected chi connectivity index (χ2v) is 22.5. The number of rotatable bonds is 34. The highest BCUT2D eigenvalue weighted by atomic mass is 32.2. The van der Waals surface area contributed by atoms with E-state index in [4.69, 9.17) is 85.3 Å². The minimum atomic E-state index is -1.45. The van der Waals surface area contributed by atoms with Gasteiger partial charge in [-0.25, -0.2) is 9.36 Å². The van der Waals surface area contributed by atoms with Gasteiger partial charge in [0.2, 0.25) is 0 Å². The molecule has 3 aliphatic heterocycles. The van der Waals surface area contributed by atoms with Crippen LogP contribution < -0.4 is 0 Å². The van der Waals surface area contributed by atoms with E-state index in [0.717, 1.165) is 85.8 Å². The molecule has 0 amide bonds. The summed E-state index contributed by atoms with van der Waals surface area (Å²) in [6.45, 7) is 12.0. The zero-order valence-corrected chi connectivity index (χ0v) is 53.5. The molecule has 3 aliphatic rings. The fraction of sp³-hybridized carbons (Fsp3) is 0.722. The van der Waals surface area contributed by atoms with Gasteiger partial charge in [0, 0.05) is 87.7 Å². The Morgan fingerprint density at radius 1 is 0.385 bits per heavy atom. The second-order valence-electron chi connectivity index (χ2n) is 20.1. The van der Waals surface area contributed by atoms with Gasteiger partial charge >= 0.3 is 65.7 Å². The summed E-state index contributed by atoms with van der Waals surface area (Å²) in [7, 11) is 0. The van der Waals surface area contributed by atoms with E-state index in [2.05, 4.69) is 20.6 Å². The van der Waals surface area contributed by atoms with Crippen molar-refractivity contribution in [3.63, 3.8) is 0 Å². The van der Waals surface area contributed by atoms with Crippen LogP contribution in [0.25, 0.3) is 0 Å². The zero-order valence-electron chi connectivity index (χ0n) is 51.8. The van der Waals surface area contributed by atoms with Crippen molar-refractivity contribution in [1.29, 1.82) is 0 Å². The SMILES string of the molecule is CC(=O)OC[C@H]1O[C@@H](SCCOCCOCc2cn(C[C@H]3O[C@@H](n4cc(COCCOCCS[C@@H]5O[C@H](COC(C)=O)[C@H](OC(C)=O)[C@H](OC(C)=O)[C@H]5OC(C)=O)nn4)[C@H](OC(C)=O)[C@@H](OC(C)=O)[C@@H]3OC(C)=O)nn2)[C@H](OC(C)=O)[C@@H](OC(C)=O)[C@H]1OC(C)=O. The van der Waals surface area contributed by atoms with E-state index in [0.29, 0.717) is 5.69 Å². The summed E-state index contributed by atoms with van der Waals surface area (Å²) in [4.78, 5) is 134. The van der Waals surface area contributed by atoms with Gasteiger partial charge in [-0.3, -0.25) is 52.7 Å². The number of hydrogen-bond donors (Lipinski definition) is 0. The maximum Gasteiger partial charge on any atom is 0.303 e. The van der Waals surface area contributed by atoms with Crippen LogP contribution in [0, 0.1) is 0 Å². The first kappa shape index (κ1) is 74.6. The molecule has 2 aromatic rings. The van der Waals surface area contributed by atoms with Gasteiger partial charge in [0.1, 0.15) is 53.8 Å². The number of aromatic nitrogens is 6. The number of carbonyl (C=O) groups is 11. The smallest absolute Gasteiger partial charge is 0.303 e. The van der Waals surface area contributed by atoms with Crippen LogP contribution in [0.2, 0.25) is 0 Å². The Balaban J connectivity index is 1.15. The fourth-order valence-corrected chi connectivity index (χ4v) is 11.4. The average Bonchev–Trinajstić information content (AvgIpc) is 1.65. The Labute approximate surface area is 529 Å². The number of carbonyl (C=O) groups excluding carboxylic acids is 11. The molecule has 3 fully saturated rings. The molecule has 3 saturated heterocycles. The Kier molecular flexibility index (Phi) is 30.7. The molecule has 508 valence electrons. The summed E-state index contributed by atoms with van der Waals surface area (Å²) in [6, 6.07) is 0. The van der Waals surface area contributed by atoms with Crippen molar-refractivity contribution in [2.45, 2.75) is 186 Å². The molecule has 5 heterocycles. The molecule has 0 aliphatic carbocycles. The maximum absolute atomic E-state index is 12.6. The third-order valence-electron chi connectivity index (χ3n) is 12.4. The van der Waals surface area contributed by atoms with E-state index >= 15 is 0 Å². The minimum absolute atomic E-state index is 0.0387. The maximum atomic E-state index is 12.6. The van der Waals surface area contributed by atoms with Gasteiger partial charge in [-0.1, -0.05) is 10.4 Å². The molecular formula is C54H76N6O29S2. The predicted octanol–water partition coefficient (Wildman–Crippen LogP) is -0.0387. The highest BCUT2D eigenvalue weighted by Crippen LogP contribution is 2.38. The molecule has 0 aromatic carbocycles. The van der Waals surface area contributed by atoms with Crippen LogP contribution >= 0.6 is 23.5 Å². The fourth-order valence-electron chi connectivity index (χ4n) is 9.30. The Morgan fingerprint density at radius 2 is 0.725 bits per heavy atom. The summed E-state index contributed by atoms with van der Waals surface area (Å²) < 4.78 is 104. The van der Waals surface area contributed by atoms with Gasteiger partial charge in [0.05, 0.1) is 71.8 Å². The lowest BCUT2D eigenvalue weighted by Gasteiger charge is -2.44. The molecule has 0 spiro atoms. The first-order valence-electron chi connectivity index (χ1n) is 28.3. The van der Waals surface area contributed by atoms with Crippen LogP contribution in [0.15, 0.2) is 12.4 Å². The third-order valence-corrected chi connectivity index (χ3v) is 14.7. The van der Waals surface area contributed by atoms with Crippen molar-refractivity contribution < 1.29 is 138 Å². The molecule has 37 heteroatoms. The lowest BCUT2D eigenvalue weighted by molar-refractivity contribution is -0.267. The number of esters is 11. The van der Waals surface area contributed by atoms with Gasteiger partial charge in [-0.15, -0.1) is 33.7 Å². The van der Waals surface area contributed by atoms with E-state index in [1.54, 1.807) is 0 Å². The second kappa shape index (κ2) is 37.4. The standard InChI is InChI=1S/C54H76N6O29S2/c1-27(61)76-25-41-44(79-30(4)64)47(82-33(7)67)50(85-36(10)70)53(88-41)90-18-16-72-12-14-74-23-38-20-59(57-55-38)22-40-43(78-29(3)63)46(81-32(6)66)49(84-35(9)69)52(87-40)60-21-39(56-58-60)24-75-15-13-73-17-19-91-54-51(86-37(11)71)48(83-34(8)68)45(80-31(5)65)42(89-54)26-77-28(2)62/h20-21,40-54H,12-19,22-26H2,1-11H3/t40-,41-,42-,43-,44+,45+,46+,47+,48+,49-,50-,51-,52-,53+,54+/m1/s1. The van der Waals surface area contributed by atoms with Crippen molar-refractivity contribution >= 4 is 89.2 Å². The lowest BCUT2D eigenvalue weighted by atomic mass is 9.96. The highest BCUT2D eigenvalue weighted by Gasteiger charge is 2.55. The normalized spacial score (nSPS) is 26.2. The first-order valence-corrected chi connectivity index (χ1v) is 30.4. The van der Waals surface area contributed by atoms with Crippen LogP contribution in [-0.2, 0) is 158 Å². The summed E-state index contributed by atoms with van der Waals surface area (Å²) in [6.07, 6.45) is -13.7. The Morgan fingerprint density at radius 3 is 1.13 bits per heavy atom. The van der Waals surface area contributed by atoms with Crippen LogP contribution in [0.4, 0.5) is 0 Å². The van der Waals surface area contributed by atoms with E-state index in [9.17, 15) is 52.7 Å². The molecule has 2 aromatic heterocycles. The molecule has 0 saturated carbocycles. The van der Waals surface area contributed by atoms with Gasteiger partial charge in [0.15, 0.2) is 61.2 Å². The number of thioether (sulfide) groups is 2. The van der Waals surface area contributed by atoms with Gasteiger partial charge in [0.25, 0.3) is 0 Å². The Bertz CT molecular complexity index is 2790. The number of hydrogen-bond acceptors (Lipinski definition) is 35. The Hall–Kier alpha value is -7.13. The van der Waals surface area contributed by atoms with E-state index in [-0.39, 0.29) is 89.8 Å². The van der Waals surface area contributed by atoms with Crippen LogP contribution in [-0.4, -0.2) is 244 Å². The number of nitrogens with zero attached hydrogens (tertiary/aromatic N) is 6. The lowest BCUT2D eigenvalue weighted by Crippen LogP contribution is -2.61. The monoisotopic (exact) mass is 1340 g/mol. The molecular weight excluding hydrogens is 1260 g/mol. The van der Waals surface area contributed by atoms with Crippen LogP contribution in [0.5, 0.6) is 0 Å². The average molecular weight is 1340 g/mol. The largest absolute Gasteiger partial charge is 0.463 e. The summed E-state index contributed by atoms with van der Waals surface area (Å²) in [5, 5.41) is 16.7. The van der Waals surface area contributed by atoms with Gasteiger partial charge in [-0.05, 0) is 0 Å². The van der Waals surface area contributed by atoms with Crippen LogP contribution in [0.3, 0.4) is 0 Å². The summed E-state index contributed by atoms with van der Waals surface area (Å²) in [5.41, 5.74) is -1.34. The summed E-state index contributed by atoms with van der Waals surface area (Å²) >= 11 is 2.28. The van der Waals surface area contributed by atoms with Crippen molar-refractivity contribution in [3.05, 3.63) is 23.8 Å². The molecule has 0 radical (unpaired) electrons. The zero-order chi connectivity index (χ0) is 66.9. The van der Waals surface area contributed by atoms with Crippen molar-refractivity contribution in [1.82, 2.24) is 30.0 Å². The number of ether oxygens (including phenoxy) is 18. The third kappa shape index (κ3) is 25.1. The molecule has 91 heavy (non-hydrogen) atoms. The topological polar surface area (TPSA) is 415 Å². The molecule has 0 unspecified atom stereocenters. The van der Waals surface area contributed by atoms with E-state index in [1.807, 2.05) is 0 Å². The highest BCUT2D eigenvalue weighted by molar-refractivity contribution is 8.00. The van der Waals surface area contributed by atoms with Crippen molar-refractivity contribution in [2.24, 2.45) is 0 Å². The minimum Gasteiger partial charge on any atom is -0.463 e. The summed E-state index contributed by atoms with van der Waals surface area (Å²) in [5.74, 6) is -7.67. The first-order chi connectivity index (χ1) is 43.2. The van der Waals surface area contributed by atoms with E-state index < -0.39 is 156 Å². The molecule has 15 atom stereocenters. The quantitative estimate of drug-likeness (QED) is 0.0504. The molecule has 0 bridgehead atoms. The van der Waals surface area contributed by atoms with E-state index in [1.165, 1.54) is 35.6 Å². The molecule has 0 N–H and O–H groups in total. The van der Waals surface area contributed by atoms with Crippen molar-refractivity contribution in [3.8, 4) is 0 Å². The van der Waals surface area contributed by atoms with Gasteiger partial charge < -0.3 is 85.3 Å². The molecule has 5 rings (SSSR count).